The van der Waals surface area contributed by atoms with Crippen LogP contribution >= 0.6 is 11.3 Å². The molecular weight excluding hydrogens is 408 g/mol. The molecule has 7 nitrogen and oxygen atoms in total. The second-order valence-corrected chi connectivity index (χ2v) is 8.64. The lowest BCUT2D eigenvalue weighted by atomic mass is 10.2. The van der Waals surface area contributed by atoms with Crippen molar-refractivity contribution in [2.45, 2.75) is 33.4 Å². The second-order valence-electron chi connectivity index (χ2n) is 7.71. The molecule has 1 aliphatic rings. The van der Waals surface area contributed by atoms with Gasteiger partial charge in [0.25, 0.3) is 0 Å². The largest absolute Gasteiger partial charge is 0.494 e. The SMILES string of the molecule is CCCN1CCN(c2nnc(-n3cccc3CNCc3ccccc3OCC)s2)CC1. The number of hydrogen-bond acceptors (Lipinski definition) is 7. The molecule has 4 rings (SSSR count). The maximum Gasteiger partial charge on any atom is 0.218 e. The summed E-state index contributed by atoms with van der Waals surface area (Å²) in [5, 5.41) is 14.4. The van der Waals surface area contributed by atoms with Crippen molar-refractivity contribution < 1.29 is 4.74 Å². The summed E-state index contributed by atoms with van der Waals surface area (Å²) >= 11 is 1.67. The van der Waals surface area contributed by atoms with Gasteiger partial charge in [0.05, 0.1) is 6.61 Å². The van der Waals surface area contributed by atoms with Gasteiger partial charge >= 0.3 is 0 Å². The number of para-hydroxylation sites is 1. The highest BCUT2D eigenvalue weighted by atomic mass is 32.1. The van der Waals surface area contributed by atoms with Gasteiger partial charge < -0.3 is 15.0 Å². The number of nitrogens with zero attached hydrogens (tertiary/aromatic N) is 5. The van der Waals surface area contributed by atoms with Gasteiger partial charge in [0.2, 0.25) is 10.3 Å². The lowest BCUT2D eigenvalue weighted by Gasteiger charge is -2.33. The van der Waals surface area contributed by atoms with E-state index in [0.29, 0.717) is 6.61 Å². The van der Waals surface area contributed by atoms with Crippen molar-refractivity contribution in [2.75, 3.05) is 44.2 Å². The first-order valence-electron chi connectivity index (χ1n) is 11.2. The predicted molar refractivity (Wildman–Crippen MR) is 126 cm³/mol. The van der Waals surface area contributed by atoms with E-state index in [1.165, 1.54) is 24.2 Å². The Morgan fingerprint density at radius 1 is 0.968 bits per heavy atom. The standard InChI is InChI=1S/C23H32N6OS/c1-3-11-27-13-15-28(16-14-27)22-25-26-23(31-22)29-12-7-9-20(29)18-24-17-19-8-5-6-10-21(19)30-4-2/h5-10,12,24H,3-4,11,13-18H2,1-2H3. The number of benzene rings is 1. The van der Waals surface area contributed by atoms with E-state index in [4.69, 9.17) is 4.74 Å². The summed E-state index contributed by atoms with van der Waals surface area (Å²) in [4.78, 5) is 4.89. The molecule has 1 saturated heterocycles. The molecular formula is C23H32N6OS. The minimum atomic E-state index is 0.674. The minimum absolute atomic E-state index is 0.674. The Labute approximate surface area is 188 Å². The third-order valence-corrected chi connectivity index (χ3v) is 6.50. The maximum atomic E-state index is 5.73. The predicted octanol–water partition coefficient (Wildman–Crippen LogP) is 3.55. The van der Waals surface area contributed by atoms with Crippen LogP contribution in [0.1, 0.15) is 31.5 Å². The highest BCUT2D eigenvalue weighted by Crippen LogP contribution is 2.25. The Bertz CT molecular complexity index is 947. The van der Waals surface area contributed by atoms with Gasteiger partial charge in [-0.25, -0.2) is 0 Å². The highest BCUT2D eigenvalue weighted by Gasteiger charge is 2.20. The van der Waals surface area contributed by atoms with Crippen LogP contribution in [0.3, 0.4) is 0 Å². The van der Waals surface area contributed by atoms with Crippen LogP contribution in [0, 0.1) is 0 Å². The molecule has 1 aromatic carbocycles. The highest BCUT2D eigenvalue weighted by molar-refractivity contribution is 7.17. The van der Waals surface area contributed by atoms with E-state index < -0.39 is 0 Å². The number of anilines is 1. The van der Waals surface area contributed by atoms with Crippen molar-refractivity contribution in [1.82, 2.24) is 25.0 Å². The van der Waals surface area contributed by atoms with E-state index in [1.54, 1.807) is 11.3 Å². The second kappa shape index (κ2) is 10.7. The van der Waals surface area contributed by atoms with Gasteiger partial charge in [-0.1, -0.05) is 36.5 Å². The van der Waals surface area contributed by atoms with Crippen LogP contribution in [0.4, 0.5) is 5.13 Å². The van der Waals surface area contributed by atoms with Gasteiger partial charge in [-0.05, 0) is 38.1 Å². The summed E-state index contributed by atoms with van der Waals surface area (Å²) in [6, 6.07) is 12.4. The molecule has 0 radical (unpaired) electrons. The van der Waals surface area contributed by atoms with Crippen molar-refractivity contribution in [3.05, 3.63) is 53.9 Å². The van der Waals surface area contributed by atoms with E-state index in [2.05, 4.69) is 61.2 Å². The number of aromatic nitrogens is 3. The minimum Gasteiger partial charge on any atom is -0.494 e. The van der Waals surface area contributed by atoms with E-state index in [9.17, 15) is 0 Å². The fraction of sp³-hybridized carbons (Fsp3) is 0.478. The molecule has 0 saturated carbocycles. The Morgan fingerprint density at radius 2 is 1.77 bits per heavy atom. The molecule has 31 heavy (non-hydrogen) atoms. The number of hydrogen-bond donors (Lipinski definition) is 1. The monoisotopic (exact) mass is 440 g/mol. The molecule has 0 aliphatic carbocycles. The van der Waals surface area contributed by atoms with E-state index in [-0.39, 0.29) is 0 Å². The van der Waals surface area contributed by atoms with E-state index in [1.807, 2.05) is 25.1 Å². The molecule has 1 N–H and O–H groups in total. The van der Waals surface area contributed by atoms with Crippen molar-refractivity contribution in [1.29, 1.82) is 0 Å². The topological polar surface area (TPSA) is 58.5 Å². The van der Waals surface area contributed by atoms with Crippen molar-refractivity contribution in [2.24, 2.45) is 0 Å². The van der Waals surface area contributed by atoms with Gasteiger partial charge in [-0.15, -0.1) is 10.2 Å². The molecule has 0 atom stereocenters. The van der Waals surface area contributed by atoms with Gasteiger partial charge in [0.15, 0.2) is 0 Å². The van der Waals surface area contributed by atoms with Gasteiger partial charge in [-0.2, -0.15) is 0 Å². The summed E-state index contributed by atoms with van der Waals surface area (Å²) < 4.78 is 7.86. The first-order chi connectivity index (χ1) is 15.3. The maximum absolute atomic E-state index is 5.73. The fourth-order valence-corrected chi connectivity index (χ4v) is 4.85. The molecule has 0 amide bonds. The van der Waals surface area contributed by atoms with Crippen molar-refractivity contribution in [3.8, 4) is 10.9 Å². The van der Waals surface area contributed by atoms with Crippen LogP contribution in [0.25, 0.3) is 5.13 Å². The summed E-state index contributed by atoms with van der Waals surface area (Å²) in [5.74, 6) is 0.945. The number of nitrogens with one attached hydrogen (secondary N) is 1. The Kier molecular flexibility index (Phi) is 7.56. The van der Waals surface area contributed by atoms with Crippen LogP contribution in [-0.2, 0) is 13.1 Å². The average Bonchev–Trinajstić information content (AvgIpc) is 3.45. The van der Waals surface area contributed by atoms with E-state index in [0.717, 1.165) is 55.3 Å². The quantitative estimate of drug-likeness (QED) is 0.520. The molecule has 0 bridgehead atoms. The Morgan fingerprint density at radius 3 is 2.58 bits per heavy atom. The lowest BCUT2D eigenvalue weighted by Crippen LogP contribution is -2.46. The third-order valence-electron chi connectivity index (χ3n) is 5.52. The zero-order chi connectivity index (χ0) is 21.5. The third kappa shape index (κ3) is 5.44. The van der Waals surface area contributed by atoms with Crippen LogP contribution < -0.4 is 15.0 Å². The molecule has 8 heteroatoms. The molecule has 3 heterocycles. The molecule has 1 aliphatic heterocycles. The Balaban J connectivity index is 1.36. The first-order valence-corrected chi connectivity index (χ1v) is 12.0. The van der Waals surface area contributed by atoms with Crippen molar-refractivity contribution >= 4 is 16.5 Å². The molecule has 0 unspecified atom stereocenters. The normalized spacial score (nSPS) is 14.8. The van der Waals surface area contributed by atoms with Crippen LogP contribution in [0.2, 0.25) is 0 Å². The van der Waals surface area contributed by atoms with Crippen LogP contribution in [0.5, 0.6) is 5.75 Å². The van der Waals surface area contributed by atoms with Crippen LogP contribution in [-0.4, -0.2) is 59.0 Å². The average molecular weight is 441 g/mol. The van der Waals surface area contributed by atoms with Gasteiger partial charge in [-0.3, -0.25) is 9.47 Å². The fourth-order valence-electron chi connectivity index (χ4n) is 3.93. The van der Waals surface area contributed by atoms with Gasteiger partial charge in [0.1, 0.15) is 5.75 Å². The molecule has 0 spiro atoms. The Hall–Kier alpha value is -2.42. The van der Waals surface area contributed by atoms with Crippen LogP contribution in [0.15, 0.2) is 42.6 Å². The molecule has 2 aromatic heterocycles. The van der Waals surface area contributed by atoms with E-state index >= 15 is 0 Å². The summed E-state index contributed by atoms with van der Waals surface area (Å²) in [6.45, 7) is 11.9. The zero-order valence-electron chi connectivity index (χ0n) is 18.5. The smallest absolute Gasteiger partial charge is 0.218 e. The molecule has 166 valence electrons. The summed E-state index contributed by atoms with van der Waals surface area (Å²) in [5.41, 5.74) is 2.34. The zero-order valence-corrected chi connectivity index (χ0v) is 19.3. The lowest BCUT2D eigenvalue weighted by molar-refractivity contribution is 0.258. The number of ether oxygens (including phenoxy) is 1. The van der Waals surface area contributed by atoms with Gasteiger partial charge in [0, 0.05) is 56.7 Å². The molecule has 1 fully saturated rings. The first kappa shape index (κ1) is 21.8. The summed E-state index contributed by atoms with van der Waals surface area (Å²) in [7, 11) is 0. The number of piperazine rings is 1. The van der Waals surface area contributed by atoms with Crippen molar-refractivity contribution in [3.63, 3.8) is 0 Å². The number of rotatable bonds is 10. The summed E-state index contributed by atoms with van der Waals surface area (Å²) in [6.07, 6.45) is 3.28. The molecule has 3 aromatic rings.